The van der Waals surface area contributed by atoms with Crippen molar-refractivity contribution in [2.45, 2.75) is 18.4 Å². The number of hydrogen-bond donors (Lipinski definition) is 2. The van der Waals surface area contributed by atoms with Crippen LogP contribution in [0.15, 0.2) is 42.5 Å². The summed E-state index contributed by atoms with van der Waals surface area (Å²) in [5, 5.41) is 2.80. The second-order valence-electron chi connectivity index (χ2n) is 5.19. The highest BCUT2D eigenvalue weighted by atomic mass is 19.2. The molecule has 0 bridgehead atoms. The molecule has 1 amide bonds. The third-order valence-corrected chi connectivity index (χ3v) is 3.67. The second kappa shape index (κ2) is 5.16. The minimum absolute atomic E-state index is 0.00687. The lowest BCUT2D eigenvalue weighted by Crippen LogP contribution is -2.27. The topological polar surface area (TPSA) is 55.1 Å². The quantitative estimate of drug-likeness (QED) is 0.853. The largest absolute Gasteiger partial charge is 0.398 e. The summed E-state index contributed by atoms with van der Waals surface area (Å²) >= 11 is 0. The fourth-order valence-electron chi connectivity index (χ4n) is 2.43. The van der Waals surface area contributed by atoms with Crippen LogP contribution < -0.4 is 11.1 Å². The van der Waals surface area contributed by atoms with Crippen LogP contribution in [0, 0.1) is 11.6 Å². The first-order valence-corrected chi connectivity index (χ1v) is 6.66. The Morgan fingerprint density at radius 3 is 2.52 bits per heavy atom. The van der Waals surface area contributed by atoms with E-state index in [9.17, 15) is 13.6 Å². The van der Waals surface area contributed by atoms with Crippen molar-refractivity contribution in [3.8, 4) is 0 Å². The average molecular weight is 288 g/mol. The molecule has 1 fully saturated rings. The molecule has 1 aliphatic rings. The molecule has 1 aliphatic carbocycles. The second-order valence-corrected chi connectivity index (χ2v) is 5.19. The molecule has 2 aromatic rings. The van der Waals surface area contributed by atoms with E-state index < -0.39 is 17.5 Å². The first kappa shape index (κ1) is 13.5. The van der Waals surface area contributed by atoms with Crippen LogP contribution in [0.5, 0.6) is 0 Å². The Labute approximate surface area is 120 Å². The highest BCUT2D eigenvalue weighted by molar-refractivity contribution is 5.99. The van der Waals surface area contributed by atoms with Gasteiger partial charge in [0.1, 0.15) is 0 Å². The zero-order valence-electron chi connectivity index (χ0n) is 11.1. The Morgan fingerprint density at radius 1 is 1.14 bits per heavy atom. The summed E-state index contributed by atoms with van der Waals surface area (Å²) in [6, 6.07) is 11.5. The number of nitrogens with one attached hydrogen (secondary N) is 1. The Balaban J connectivity index is 1.70. The highest BCUT2D eigenvalue weighted by Crippen LogP contribution is 2.40. The van der Waals surface area contributed by atoms with Gasteiger partial charge in [-0.25, -0.2) is 8.78 Å². The molecule has 2 aromatic carbocycles. The third-order valence-electron chi connectivity index (χ3n) is 3.67. The minimum atomic E-state index is -1.08. The molecule has 1 saturated carbocycles. The number of nitrogens with two attached hydrogens (primary N) is 1. The van der Waals surface area contributed by atoms with Crippen LogP contribution in [0.4, 0.5) is 14.5 Å². The molecule has 5 heteroatoms. The number of carbonyl (C=O) groups excluding carboxylic acids is 1. The molecule has 0 heterocycles. The van der Waals surface area contributed by atoms with Crippen molar-refractivity contribution in [2.24, 2.45) is 0 Å². The minimum Gasteiger partial charge on any atom is -0.398 e. The fourth-order valence-corrected chi connectivity index (χ4v) is 2.43. The van der Waals surface area contributed by atoms with Crippen molar-refractivity contribution in [3.05, 3.63) is 65.2 Å². The van der Waals surface area contributed by atoms with Gasteiger partial charge in [-0.1, -0.05) is 30.3 Å². The van der Waals surface area contributed by atoms with E-state index in [0.717, 1.165) is 24.1 Å². The van der Waals surface area contributed by atoms with Crippen molar-refractivity contribution in [1.82, 2.24) is 5.32 Å². The summed E-state index contributed by atoms with van der Waals surface area (Å²) in [5.74, 6) is -2.35. The average Bonchev–Trinajstić information content (AvgIpc) is 3.23. The first-order chi connectivity index (χ1) is 10.1. The van der Waals surface area contributed by atoms with E-state index in [4.69, 9.17) is 5.73 Å². The molecule has 0 radical (unpaired) electrons. The maximum absolute atomic E-state index is 13.2. The predicted octanol–water partition coefficient (Wildman–Crippen LogP) is 2.83. The molecule has 2 atom stereocenters. The van der Waals surface area contributed by atoms with Crippen LogP contribution in [0.2, 0.25) is 0 Å². The Hall–Kier alpha value is -2.43. The standard InChI is InChI=1S/C16H14F2N2O/c17-12-6-11(14(19)8-13(12)18)16(21)20-15-7-10(15)9-4-2-1-3-5-9/h1-6,8,10,15H,7,19H2,(H,20,21). The van der Waals surface area contributed by atoms with Gasteiger partial charge >= 0.3 is 0 Å². The van der Waals surface area contributed by atoms with E-state index in [-0.39, 0.29) is 23.2 Å². The van der Waals surface area contributed by atoms with Crippen molar-refractivity contribution < 1.29 is 13.6 Å². The van der Waals surface area contributed by atoms with Gasteiger partial charge in [0, 0.05) is 23.7 Å². The molecule has 0 aromatic heterocycles. The zero-order valence-corrected chi connectivity index (χ0v) is 11.1. The number of anilines is 1. The van der Waals surface area contributed by atoms with Gasteiger partial charge in [-0.3, -0.25) is 4.79 Å². The Kier molecular flexibility index (Phi) is 3.33. The predicted molar refractivity (Wildman–Crippen MR) is 75.8 cm³/mol. The van der Waals surface area contributed by atoms with E-state index in [1.54, 1.807) is 0 Å². The molecule has 0 spiro atoms. The lowest BCUT2D eigenvalue weighted by atomic mass is 10.1. The van der Waals surface area contributed by atoms with Gasteiger partial charge < -0.3 is 11.1 Å². The normalized spacial score (nSPS) is 20.1. The number of hydrogen-bond acceptors (Lipinski definition) is 2. The summed E-state index contributed by atoms with van der Waals surface area (Å²) in [6.07, 6.45) is 0.833. The van der Waals surface area contributed by atoms with Crippen LogP contribution in [0.25, 0.3) is 0 Å². The van der Waals surface area contributed by atoms with E-state index >= 15 is 0 Å². The fraction of sp³-hybridized carbons (Fsp3) is 0.188. The summed E-state index contributed by atoms with van der Waals surface area (Å²) in [5.41, 5.74) is 6.62. The number of nitrogen functional groups attached to an aromatic ring is 1. The Bertz CT molecular complexity index is 688. The maximum Gasteiger partial charge on any atom is 0.253 e. The summed E-state index contributed by atoms with van der Waals surface area (Å²) in [4.78, 5) is 12.1. The molecule has 3 N–H and O–H groups in total. The van der Waals surface area contributed by atoms with E-state index in [2.05, 4.69) is 5.32 Å². The van der Waals surface area contributed by atoms with E-state index in [1.165, 1.54) is 0 Å². The van der Waals surface area contributed by atoms with Crippen molar-refractivity contribution >= 4 is 11.6 Å². The first-order valence-electron chi connectivity index (χ1n) is 6.66. The van der Waals surface area contributed by atoms with Gasteiger partial charge in [0.15, 0.2) is 11.6 Å². The molecular weight excluding hydrogens is 274 g/mol. The molecule has 0 aliphatic heterocycles. The molecule has 108 valence electrons. The molecule has 2 unspecified atom stereocenters. The molecule has 3 nitrogen and oxygen atoms in total. The lowest BCUT2D eigenvalue weighted by molar-refractivity contribution is 0.0950. The van der Waals surface area contributed by atoms with Crippen LogP contribution in [-0.2, 0) is 0 Å². The van der Waals surface area contributed by atoms with Gasteiger partial charge in [0.25, 0.3) is 5.91 Å². The van der Waals surface area contributed by atoms with Crippen LogP contribution >= 0.6 is 0 Å². The van der Waals surface area contributed by atoms with E-state index in [0.29, 0.717) is 0 Å². The highest BCUT2D eigenvalue weighted by Gasteiger charge is 2.39. The van der Waals surface area contributed by atoms with Crippen molar-refractivity contribution in [2.75, 3.05) is 5.73 Å². The summed E-state index contributed by atoms with van der Waals surface area (Å²) < 4.78 is 26.2. The van der Waals surface area contributed by atoms with Gasteiger partial charge in [-0.2, -0.15) is 0 Å². The van der Waals surface area contributed by atoms with Gasteiger partial charge in [-0.05, 0) is 18.1 Å². The number of amides is 1. The zero-order chi connectivity index (χ0) is 15.0. The van der Waals surface area contributed by atoms with Gasteiger partial charge in [0.2, 0.25) is 0 Å². The van der Waals surface area contributed by atoms with Crippen molar-refractivity contribution in [3.63, 3.8) is 0 Å². The SMILES string of the molecule is Nc1cc(F)c(F)cc1C(=O)NC1CC1c1ccccc1. The van der Waals surface area contributed by atoms with Crippen LogP contribution in [-0.4, -0.2) is 11.9 Å². The van der Waals surface area contributed by atoms with Crippen LogP contribution in [0.1, 0.15) is 28.3 Å². The number of benzene rings is 2. The summed E-state index contributed by atoms with van der Waals surface area (Å²) in [6.45, 7) is 0. The lowest BCUT2D eigenvalue weighted by Gasteiger charge is -2.08. The monoisotopic (exact) mass is 288 g/mol. The maximum atomic E-state index is 13.2. The smallest absolute Gasteiger partial charge is 0.253 e. The van der Waals surface area contributed by atoms with Gasteiger partial charge in [-0.15, -0.1) is 0 Å². The summed E-state index contributed by atoms with van der Waals surface area (Å²) in [7, 11) is 0. The number of halogens is 2. The number of carbonyl (C=O) groups is 1. The molecule has 3 rings (SSSR count). The molecule has 21 heavy (non-hydrogen) atoms. The Morgan fingerprint density at radius 2 is 1.81 bits per heavy atom. The molecular formula is C16H14F2N2O. The van der Waals surface area contributed by atoms with Crippen molar-refractivity contribution in [1.29, 1.82) is 0 Å². The third kappa shape index (κ3) is 2.72. The van der Waals surface area contributed by atoms with Crippen LogP contribution in [0.3, 0.4) is 0 Å². The van der Waals surface area contributed by atoms with E-state index in [1.807, 2.05) is 30.3 Å². The number of rotatable bonds is 3. The molecule has 0 saturated heterocycles. The van der Waals surface area contributed by atoms with Gasteiger partial charge in [0.05, 0.1) is 5.56 Å².